The third-order valence-corrected chi connectivity index (χ3v) is 3.33. The van der Waals surface area contributed by atoms with Crippen molar-refractivity contribution in [2.75, 3.05) is 7.11 Å². The number of nitrogens with zero attached hydrogens (tertiary/aromatic N) is 1. The van der Waals surface area contributed by atoms with Gasteiger partial charge in [0, 0.05) is 0 Å². The van der Waals surface area contributed by atoms with Crippen LogP contribution in [0.3, 0.4) is 0 Å². The molecule has 0 amide bonds. The SMILES string of the molecule is COC(=O)C(C(C)C)n1c(=S)[nH]c2cc(F)ccc21. The molecule has 2 rings (SSSR count). The molecular weight excluding hydrogens is 267 g/mol. The highest BCUT2D eigenvalue weighted by Crippen LogP contribution is 2.26. The van der Waals surface area contributed by atoms with E-state index in [4.69, 9.17) is 17.0 Å². The summed E-state index contributed by atoms with van der Waals surface area (Å²) in [6.07, 6.45) is 0. The first-order valence-corrected chi connectivity index (χ1v) is 6.34. The lowest BCUT2D eigenvalue weighted by Gasteiger charge is -2.20. The molecule has 0 fully saturated rings. The van der Waals surface area contributed by atoms with E-state index in [0.29, 0.717) is 15.8 Å². The van der Waals surface area contributed by atoms with Crippen LogP contribution in [0.2, 0.25) is 0 Å². The van der Waals surface area contributed by atoms with Crippen LogP contribution in [-0.4, -0.2) is 22.6 Å². The number of carbonyl (C=O) groups is 1. The summed E-state index contributed by atoms with van der Waals surface area (Å²) < 4.78 is 20.1. The highest BCUT2D eigenvalue weighted by atomic mass is 32.1. The Morgan fingerprint density at radius 2 is 2.16 bits per heavy atom. The standard InChI is InChI=1S/C13H15FN2O2S/c1-7(2)11(12(17)18-3)16-10-5-4-8(14)6-9(10)15-13(16)19/h4-7,11H,1-3H3,(H,15,19). The van der Waals surface area contributed by atoms with E-state index in [9.17, 15) is 9.18 Å². The summed E-state index contributed by atoms with van der Waals surface area (Å²) >= 11 is 5.24. The van der Waals surface area contributed by atoms with Gasteiger partial charge in [0.25, 0.3) is 0 Å². The molecular formula is C13H15FN2O2S. The molecule has 19 heavy (non-hydrogen) atoms. The molecule has 1 atom stereocenters. The molecule has 0 aliphatic heterocycles. The number of rotatable bonds is 3. The summed E-state index contributed by atoms with van der Waals surface area (Å²) in [6, 6.07) is 3.78. The molecule has 2 aromatic rings. The fraction of sp³-hybridized carbons (Fsp3) is 0.385. The van der Waals surface area contributed by atoms with Crippen molar-refractivity contribution in [3.8, 4) is 0 Å². The van der Waals surface area contributed by atoms with E-state index in [0.717, 1.165) is 0 Å². The average Bonchev–Trinajstić information content (AvgIpc) is 2.65. The normalized spacial score (nSPS) is 12.9. The number of esters is 1. The summed E-state index contributed by atoms with van der Waals surface area (Å²) in [4.78, 5) is 14.8. The van der Waals surface area contributed by atoms with Crippen LogP contribution in [0, 0.1) is 16.5 Å². The van der Waals surface area contributed by atoms with Gasteiger partial charge < -0.3 is 14.3 Å². The Kier molecular flexibility index (Phi) is 3.71. The van der Waals surface area contributed by atoms with Gasteiger partial charge in [0.05, 0.1) is 18.1 Å². The van der Waals surface area contributed by atoms with Crippen molar-refractivity contribution in [2.24, 2.45) is 5.92 Å². The fourth-order valence-electron chi connectivity index (χ4n) is 2.18. The van der Waals surface area contributed by atoms with Crippen molar-refractivity contribution in [2.45, 2.75) is 19.9 Å². The average molecular weight is 282 g/mol. The minimum Gasteiger partial charge on any atom is -0.467 e. The largest absolute Gasteiger partial charge is 0.467 e. The zero-order valence-corrected chi connectivity index (χ0v) is 11.8. The van der Waals surface area contributed by atoms with Crippen molar-refractivity contribution < 1.29 is 13.9 Å². The van der Waals surface area contributed by atoms with Crippen LogP contribution in [0.15, 0.2) is 18.2 Å². The predicted molar refractivity (Wildman–Crippen MR) is 73.0 cm³/mol. The molecule has 0 spiro atoms. The number of hydrogen-bond acceptors (Lipinski definition) is 3. The Bertz CT molecular complexity index is 675. The Morgan fingerprint density at radius 1 is 1.47 bits per heavy atom. The molecule has 0 bridgehead atoms. The first kappa shape index (κ1) is 13.7. The van der Waals surface area contributed by atoms with Gasteiger partial charge in [0.1, 0.15) is 11.9 Å². The van der Waals surface area contributed by atoms with Gasteiger partial charge in [-0.05, 0) is 36.3 Å². The molecule has 1 aromatic carbocycles. The molecule has 0 radical (unpaired) electrons. The molecule has 0 aliphatic carbocycles. The van der Waals surface area contributed by atoms with Crippen LogP contribution in [0.25, 0.3) is 11.0 Å². The lowest BCUT2D eigenvalue weighted by atomic mass is 10.0. The van der Waals surface area contributed by atoms with Gasteiger partial charge >= 0.3 is 5.97 Å². The van der Waals surface area contributed by atoms with E-state index in [1.54, 1.807) is 10.6 Å². The molecule has 1 heterocycles. The topological polar surface area (TPSA) is 47.0 Å². The van der Waals surface area contributed by atoms with E-state index in [1.165, 1.54) is 19.2 Å². The number of aromatic amines is 1. The Balaban J connectivity index is 2.69. The van der Waals surface area contributed by atoms with E-state index < -0.39 is 6.04 Å². The quantitative estimate of drug-likeness (QED) is 0.694. The molecule has 0 aliphatic rings. The van der Waals surface area contributed by atoms with E-state index >= 15 is 0 Å². The monoisotopic (exact) mass is 282 g/mol. The van der Waals surface area contributed by atoms with Crippen LogP contribution < -0.4 is 0 Å². The number of ether oxygens (including phenoxy) is 1. The number of nitrogens with one attached hydrogen (secondary N) is 1. The maximum atomic E-state index is 13.2. The molecule has 0 saturated heterocycles. The number of halogens is 1. The molecule has 102 valence electrons. The smallest absolute Gasteiger partial charge is 0.329 e. The molecule has 0 saturated carbocycles. The van der Waals surface area contributed by atoms with Gasteiger partial charge in [-0.2, -0.15) is 0 Å². The third kappa shape index (κ3) is 2.40. The Labute approximate surface area is 115 Å². The predicted octanol–water partition coefficient (Wildman–Crippen LogP) is 3.21. The fourth-order valence-corrected chi connectivity index (χ4v) is 2.50. The number of benzene rings is 1. The van der Waals surface area contributed by atoms with Crippen LogP contribution in [0.1, 0.15) is 19.9 Å². The van der Waals surface area contributed by atoms with Crippen molar-refractivity contribution in [3.63, 3.8) is 0 Å². The lowest BCUT2D eigenvalue weighted by molar-refractivity contribution is -0.145. The second kappa shape index (κ2) is 5.13. The van der Waals surface area contributed by atoms with Crippen molar-refractivity contribution in [3.05, 3.63) is 28.8 Å². The van der Waals surface area contributed by atoms with Crippen molar-refractivity contribution in [1.29, 1.82) is 0 Å². The number of aromatic nitrogens is 2. The minimum absolute atomic E-state index is 0.00297. The van der Waals surface area contributed by atoms with Gasteiger partial charge in [0.2, 0.25) is 0 Å². The summed E-state index contributed by atoms with van der Waals surface area (Å²) in [5.41, 5.74) is 1.26. The maximum Gasteiger partial charge on any atom is 0.329 e. The Hall–Kier alpha value is -1.69. The van der Waals surface area contributed by atoms with Crippen LogP contribution in [0.4, 0.5) is 4.39 Å². The first-order valence-electron chi connectivity index (χ1n) is 5.93. The minimum atomic E-state index is -0.531. The number of hydrogen-bond donors (Lipinski definition) is 1. The van der Waals surface area contributed by atoms with Crippen LogP contribution in [0.5, 0.6) is 0 Å². The first-order chi connectivity index (χ1) is 8.95. The van der Waals surface area contributed by atoms with Crippen LogP contribution in [-0.2, 0) is 9.53 Å². The number of imidazole rings is 1. The number of carbonyl (C=O) groups excluding carboxylic acids is 1. The van der Waals surface area contributed by atoms with Gasteiger partial charge in [-0.15, -0.1) is 0 Å². The van der Waals surface area contributed by atoms with Gasteiger partial charge in [-0.3, -0.25) is 0 Å². The third-order valence-electron chi connectivity index (χ3n) is 3.03. The van der Waals surface area contributed by atoms with Gasteiger partial charge in [0.15, 0.2) is 4.77 Å². The summed E-state index contributed by atoms with van der Waals surface area (Å²) in [6.45, 7) is 3.82. The second-order valence-electron chi connectivity index (χ2n) is 4.67. The number of H-pyrrole nitrogens is 1. The Morgan fingerprint density at radius 3 is 2.74 bits per heavy atom. The van der Waals surface area contributed by atoms with Crippen molar-refractivity contribution >= 4 is 29.2 Å². The second-order valence-corrected chi connectivity index (χ2v) is 5.06. The van der Waals surface area contributed by atoms with E-state index in [1.807, 2.05) is 13.8 Å². The van der Waals surface area contributed by atoms with Crippen LogP contribution >= 0.6 is 12.2 Å². The molecule has 1 aromatic heterocycles. The lowest BCUT2D eigenvalue weighted by Crippen LogP contribution is -2.25. The molecule has 1 unspecified atom stereocenters. The maximum absolute atomic E-state index is 13.2. The highest BCUT2D eigenvalue weighted by molar-refractivity contribution is 7.71. The zero-order chi connectivity index (χ0) is 14.2. The number of methoxy groups -OCH3 is 1. The highest BCUT2D eigenvalue weighted by Gasteiger charge is 2.27. The molecule has 1 N–H and O–H groups in total. The molecule has 6 heteroatoms. The number of fused-ring (bicyclic) bond motifs is 1. The van der Waals surface area contributed by atoms with Gasteiger partial charge in [-0.25, -0.2) is 9.18 Å². The summed E-state index contributed by atoms with van der Waals surface area (Å²) in [7, 11) is 1.34. The zero-order valence-electron chi connectivity index (χ0n) is 10.9. The van der Waals surface area contributed by atoms with Crippen molar-refractivity contribution in [1.82, 2.24) is 9.55 Å². The molecule has 4 nitrogen and oxygen atoms in total. The summed E-state index contributed by atoms with van der Waals surface area (Å²) in [5, 5.41) is 0. The van der Waals surface area contributed by atoms with E-state index in [2.05, 4.69) is 4.98 Å². The van der Waals surface area contributed by atoms with E-state index in [-0.39, 0.29) is 17.7 Å². The van der Waals surface area contributed by atoms with Gasteiger partial charge in [-0.1, -0.05) is 13.8 Å². The summed E-state index contributed by atoms with van der Waals surface area (Å²) in [5.74, 6) is -0.713.